The normalized spacial score (nSPS) is 12.4. The van der Waals surface area contributed by atoms with Crippen molar-refractivity contribution in [1.29, 1.82) is 10.5 Å². The van der Waals surface area contributed by atoms with E-state index in [4.69, 9.17) is 9.97 Å². The minimum Gasteiger partial charge on any atom is -0.305 e. The summed E-state index contributed by atoms with van der Waals surface area (Å²) in [6.07, 6.45) is 11.0. The van der Waals surface area contributed by atoms with Crippen LogP contribution in [0.25, 0.3) is 55.4 Å². The molecule has 1 aliphatic carbocycles. The van der Waals surface area contributed by atoms with Crippen molar-refractivity contribution in [2.24, 2.45) is 0 Å². The predicted octanol–water partition coefficient (Wildman–Crippen LogP) is 5.54. The monoisotopic (exact) mass is 459 g/mol. The number of fused-ring (bicyclic) bond motifs is 7. The molecule has 5 heterocycles. The van der Waals surface area contributed by atoms with Gasteiger partial charge in [-0.1, -0.05) is 11.5 Å². The third kappa shape index (κ3) is 2.64. The Balaban J connectivity index is 1.74. The number of allylic oxidation sites excluding steroid dienone is 4. The van der Waals surface area contributed by atoms with Gasteiger partial charge in [0.15, 0.2) is 0 Å². The van der Waals surface area contributed by atoms with Crippen molar-refractivity contribution in [3.63, 3.8) is 0 Å². The quantitative estimate of drug-likeness (QED) is 0.317. The molecule has 0 spiro atoms. The highest BCUT2D eigenvalue weighted by atomic mass is 15.1. The van der Waals surface area contributed by atoms with Crippen molar-refractivity contribution in [1.82, 2.24) is 24.1 Å². The maximum atomic E-state index is 9.64. The second kappa shape index (κ2) is 7.40. The van der Waals surface area contributed by atoms with E-state index in [0.29, 0.717) is 16.8 Å². The highest BCUT2D eigenvalue weighted by molar-refractivity contribution is 6.23. The highest BCUT2D eigenvalue weighted by Crippen LogP contribution is 2.39. The first-order valence-electron chi connectivity index (χ1n) is 11.2. The zero-order valence-corrected chi connectivity index (χ0v) is 18.6. The Morgan fingerprint density at radius 3 is 2.17 bits per heavy atom. The lowest BCUT2D eigenvalue weighted by atomic mass is 10.1. The average Bonchev–Trinajstić information content (AvgIpc) is 3.46. The zero-order valence-electron chi connectivity index (χ0n) is 18.6. The molecule has 6 aromatic rings. The van der Waals surface area contributed by atoms with Gasteiger partial charge in [0.25, 0.3) is 0 Å². The summed E-state index contributed by atoms with van der Waals surface area (Å²) in [7, 11) is 0. The van der Waals surface area contributed by atoms with Gasteiger partial charge in [-0.25, -0.2) is 0 Å². The maximum Gasteiger partial charge on any atom is 0.116 e. The second-order valence-corrected chi connectivity index (χ2v) is 8.31. The third-order valence-corrected chi connectivity index (χ3v) is 6.35. The molecule has 0 fully saturated rings. The van der Waals surface area contributed by atoms with E-state index >= 15 is 0 Å². The molecule has 36 heavy (non-hydrogen) atoms. The van der Waals surface area contributed by atoms with Crippen LogP contribution in [0.5, 0.6) is 0 Å². The Morgan fingerprint density at radius 2 is 1.47 bits per heavy atom. The predicted molar refractivity (Wildman–Crippen MR) is 137 cm³/mol. The average molecular weight is 459 g/mol. The van der Waals surface area contributed by atoms with E-state index in [2.05, 4.69) is 33.2 Å². The van der Waals surface area contributed by atoms with Crippen molar-refractivity contribution in [2.75, 3.05) is 0 Å². The molecular formula is C29H13N7. The lowest BCUT2D eigenvalue weighted by Crippen LogP contribution is -1.98. The van der Waals surface area contributed by atoms with Crippen LogP contribution >= 0.6 is 0 Å². The standard InChI is InChI=1S/C29H13N7/c30-15-18-12-19(16-31)14-21(13-18)36-23-9-5-11-33-27(23)28-29(36)25-24(17-34-28)35(20-6-2-1-3-7-20)22-8-4-10-32-26(22)25/h2,4-14,17H. The van der Waals surface area contributed by atoms with Gasteiger partial charge >= 0.3 is 0 Å². The summed E-state index contributed by atoms with van der Waals surface area (Å²) in [6.45, 7) is 0. The van der Waals surface area contributed by atoms with E-state index in [0.717, 1.165) is 49.7 Å². The van der Waals surface area contributed by atoms with Crippen LogP contribution in [0, 0.1) is 22.7 Å². The molecule has 1 aromatic carbocycles. The Hall–Kier alpha value is -5.71. The summed E-state index contributed by atoms with van der Waals surface area (Å²) in [4.78, 5) is 14.3. The van der Waals surface area contributed by atoms with E-state index < -0.39 is 0 Å². The first-order chi connectivity index (χ1) is 17.8. The molecule has 0 atom stereocenters. The van der Waals surface area contributed by atoms with Gasteiger partial charge in [-0.2, -0.15) is 10.5 Å². The number of nitrogens with zero attached hydrogens (tertiary/aromatic N) is 7. The van der Waals surface area contributed by atoms with Crippen molar-refractivity contribution in [3.05, 3.63) is 102 Å². The van der Waals surface area contributed by atoms with E-state index in [-0.39, 0.29) is 0 Å². The second-order valence-electron chi connectivity index (χ2n) is 8.31. The van der Waals surface area contributed by atoms with Crippen LogP contribution in [0.2, 0.25) is 0 Å². The van der Waals surface area contributed by atoms with E-state index in [1.165, 1.54) is 0 Å². The Kier molecular flexibility index (Phi) is 4.05. The van der Waals surface area contributed by atoms with Crippen LogP contribution in [0.1, 0.15) is 11.1 Å². The number of rotatable bonds is 2. The molecule has 0 saturated heterocycles. The highest BCUT2D eigenvalue weighted by Gasteiger charge is 2.23. The van der Waals surface area contributed by atoms with Gasteiger partial charge in [-0.15, -0.1) is 0 Å². The van der Waals surface area contributed by atoms with Crippen LogP contribution in [-0.2, 0) is 0 Å². The van der Waals surface area contributed by atoms with Gasteiger partial charge in [-0.3, -0.25) is 15.0 Å². The zero-order chi connectivity index (χ0) is 24.2. The number of benzene rings is 1. The lowest BCUT2D eigenvalue weighted by Gasteiger charge is -2.10. The van der Waals surface area contributed by atoms with Crippen LogP contribution in [0.15, 0.2) is 90.7 Å². The Morgan fingerprint density at radius 1 is 0.750 bits per heavy atom. The van der Waals surface area contributed by atoms with Crippen LogP contribution < -0.4 is 0 Å². The molecule has 5 aromatic heterocycles. The molecule has 0 saturated carbocycles. The molecule has 0 N–H and O–H groups in total. The molecular weight excluding hydrogens is 446 g/mol. The molecule has 0 bridgehead atoms. The Bertz CT molecular complexity index is 2110. The molecule has 7 rings (SSSR count). The number of aromatic nitrogens is 5. The summed E-state index contributed by atoms with van der Waals surface area (Å²) in [5.41, 5.74) is 14.1. The van der Waals surface area contributed by atoms with E-state index in [1.54, 1.807) is 30.6 Å². The molecule has 0 unspecified atom stereocenters. The largest absolute Gasteiger partial charge is 0.305 e. The summed E-state index contributed by atoms with van der Waals surface area (Å²) in [5, 5.41) is 20.2. The van der Waals surface area contributed by atoms with Crippen molar-refractivity contribution >= 4 is 49.7 Å². The van der Waals surface area contributed by atoms with Crippen LogP contribution in [0.3, 0.4) is 0 Å². The third-order valence-electron chi connectivity index (χ3n) is 6.35. The van der Waals surface area contributed by atoms with Crippen LogP contribution in [-0.4, -0.2) is 24.1 Å². The summed E-state index contributed by atoms with van der Waals surface area (Å²) < 4.78 is 4.13. The molecule has 0 aliphatic heterocycles. The van der Waals surface area contributed by atoms with E-state index in [1.807, 2.05) is 53.3 Å². The Labute approximate surface area is 204 Å². The molecule has 7 heteroatoms. The topological polar surface area (TPSA) is 96.1 Å². The summed E-state index contributed by atoms with van der Waals surface area (Å²) in [6, 6.07) is 17.3. The van der Waals surface area contributed by atoms with Crippen molar-refractivity contribution in [2.45, 2.75) is 0 Å². The van der Waals surface area contributed by atoms with Gasteiger partial charge in [0.1, 0.15) is 11.0 Å². The first kappa shape index (κ1) is 19.7. The summed E-state index contributed by atoms with van der Waals surface area (Å²) in [5.74, 6) is 0. The number of hydrogen-bond acceptors (Lipinski definition) is 5. The van der Waals surface area contributed by atoms with Gasteiger partial charge < -0.3 is 9.13 Å². The van der Waals surface area contributed by atoms with E-state index in [9.17, 15) is 10.5 Å². The maximum absolute atomic E-state index is 9.64. The first-order valence-corrected chi connectivity index (χ1v) is 11.2. The molecule has 164 valence electrons. The fraction of sp³-hybridized carbons (Fsp3) is 0. The number of pyridine rings is 3. The smallest absolute Gasteiger partial charge is 0.116 e. The SMILES string of the molecule is N#Cc1cc(C#N)cc(-n2c3cccnc3c3ncc4c(c5ncccc5n4C4=CC=C=C=C4)c32)c1. The van der Waals surface area contributed by atoms with Gasteiger partial charge in [-0.05, 0) is 54.6 Å². The molecule has 0 radical (unpaired) electrons. The molecule has 7 nitrogen and oxygen atoms in total. The minimum atomic E-state index is 0.403. The van der Waals surface area contributed by atoms with Crippen molar-refractivity contribution in [3.8, 4) is 17.8 Å². The van der Waals surface area contributed by atoms with Gasteiger partial charge in [0.05, 0.1) is 68.1 Å². The molecule has 1 aliphatic rings. The van der Waals surface area contributed by atoms with Crippen LogP contribution in [0.4, 0.5) is 0 Å². The fourth-order valence-corrected chi connectivity index (χ4v) is 4.96. The van der Waals surface area contributed by atoms with Crippen molar-refractivity contribution < 1.29 is 0 Å². The summed E-state index contributed by atoms with van der Waals surface area (Å²) >= 11 is 0. The number of nitriles is 2. The van der Waals surface area contributed by atoms with Gasteiger partial charge in [0, 0.05) is 24.2 Å². The molecule has 0 amide bonds. The van der Waals surface area contributed by atoms with Gasteiger partial charge in [0.2, 0.25) is 0 Å². The fourth-order valence-electron chi connectivity index (χ4n) is 4.96. The minimum absolute atomic E-state index is 0.403. The number of hydrogen-bond donors (Lipinski definition) is 0. The lowest BCUT2D eigenvalue weighted by molar-refractivity contribution is 1.17.